The standard InChI is InChI=1S/C55H107NO4/c1-3-5-7-9-11-13-15-17-19-21-23-25-26-27-29-30-32-34-36-38-40-42-44-46-48-52(58)50-55(60)56-53(51-57)54(59)49-47-45-43-41-39-37-35-33-31-28-24-22-20-18-16-14-12-10-8-6-4-2/h39,41,47,49,52-54,57-59H,3-38,40,42-46,48,50-51H2,1-2H3,(H,56,60)/b41-39+,49-47+. The van der Waals surface area contributed by atoms with Crippen molar-refractivity contribution >= 4 is 5.91 Å². The van der Waals surface area contributed by atoms with E-state index >= 15 is 0 Å². The molecule has 0 aliphatic heterocycles. The first kappa shape index (κ1) is 58.8. The molecule has 60 heavy (non-hydrogen) atoms. The third-order valence-corrected chi connectivity index (χ3v) is 12.7. The highest BCUT2D eigenvalue weighted by Gasteiger charge is 2.20. The van der Waals surface area contributed by atoms with Gasteiger partial charge in [0.2, 0.25) is 5.91 Å². The van der Waals surface area contributed by atoms with E-state index < -0.39 is 18.2 Å². The Morgan fingerprint density at radius 3 is 1.07 bits per heavy atom. The summed E-state index contributed by atoms with van der Waals surface area (Å²) in [5.74, 6) is -0.319. The quantitative estimate of drug-likeness (QED) is 0.0363. The van der Waals surface area contributed by atoms with Crippen molar-refractivity contribution in [2.45, 2.75) is 315 Å². The summed E-state index contributed by atoms with van der Waals surface area (Å²) in [5, 5.41) is 33.4. The normalized spacial score (nSPS) is 13.5. The number of carbonyl (C=O) groups is 1. The van der Waals surface area contributed by atoms with Crippen molar-refractivity contribution in [2.24, 2.45) is 0 Å². The highest BCUT2D eigenvalue weighted by atomic mass is 16.3. The van der Waals surface area contributed by atoms with Gasteiger partial charge in [-0.3, -0.25) is 4.79 Å². The maximum absolute atomic E-state index is 12.5. The SMILES string of the molecule is CCCCCCCCCCCCCCCCC/C=C/CC/C=C/C(O)C(CO)NC(=O)CC(O)CCCCCCCCCCCCCCCCCCCCCCCCCC. The summed E-state index contributed by atoms with van der Waals surface area (Å²) in [4.78, 5) is 12.5. The minimum Gasteiger partial charge on any atom is -0.394 e. The maximum Gasteiger partial charge on any atom is 0.222 e. The van der Waals surface area contributed by atoms with Gasteiger partial charge in [-0.2, -0.15) is 0 Å². The van der Waals surface area contributed by atoms with Crippen LogP contribution in [0.25, 0.3) is 0 Å². The number of aliphatic hydroxyl groups is 3. The minimum absolute atomic E-state index is 0.0104. The molecule has 0 aliphatic carbocycles. The summed E-state index contributed by atoms with van der Waals surface area (Å²) >= 11 is 0. The molecule has 4 N–H and O–H groups in total. The predicted octanol–water partition coefficient (Wildman–Crippen LogP) is 16.5. The van der Waals surface area contributed by atoms with E-state index in [1.165, 1.54) is 238 Å². The molecule has 3 atom stereocenters. The molecule has 0 saturated heterocycles. The third-order valence-electron chi connectivity index (χ3n) is 12.7. The van der Waals surface area contributed by atoms with E-state index in [9.17, 15) is 20.1 Å². The Morgan fingerprint density at radius 1 is 0.417 bits per heavy atom. The first-order valence-corrected chi connectivity index (χ1v) is 27.1. The van der Waals surface area contributed by atoms with Crippen LogP contribution in [0, 0.1) is 0 Å². The van der Waals surface area contributed by atoms with Gasteiger partial charge < -0.3 is 20.6 Å². The number of nitrogens with one attached hydrogen (secondary N) is 1. The monoisotopic (exact) mass is 846 g/mol. The number of unbranched alkanes of at least 4 members (excludes halogenated alkanes) is 39. The molecule has 0 aliphatic rings. The number of carbonyl (C=O) groups excluding carboxylic acids is 1. The molecule has 1 amide bonds. The van der Waals surface area contributed by atoms with Crippen molar-refractivity contribution in [3.05, 3.63) is 24.3 Å². The zero-order chi connectivity index (χ0) is 43.7. The van der Waals surface area contributed by atoms with Crippen molar-refractivity contribution in [2.75, 3.05) is 6.61 Å². The second kappa shape index (κ2) is 50.5. The lowest BCUT2D eigenvalue weighted by atomic mass is 10.0. The lowest BCUT2D eigenvalue weighted by molar-refractivity contribution is -0.124. The van der Waals surface area contributed by atoms with Crippen LogP contribution in [-0.2, 0) is 4.79 Å². The molecule has 0 aromatic rings. The van der Waals surface area contributed by atoms with Crippen LogP contribution in [0.4, 0.5) is 0 Å². The Labute approximate surface area is 375 Å². The van der Waals surface area contributed by atoms with Crippen LogP contribution in [0.1, 0.15) is 296 Å². The minimum atomic E-state index is -0.950. The van der Waals surface area contributed by atoms with Gasteiger partial charge in [0, 0.05) is 0 Å². The summed E-state index contributed by atoms with van der Waals surface area (Å²) in [5.41, 5.74) is 0. The van der Waals surface area contributed by atoms with Gasteiger partial charge >= 0.3 is 0 Å². The molecular weight excluding hydrogens is 739 g/mol. The van der Waals surface area contributed by atoms with Gasteiger partial charge in [-0.25, -0.2) is 0 Å². The topological polar surface area (TPSA) is 89.8 Å². The molecule has 3 unspecified atom stereocenters. The molecule has 0 heterocycles. The fraction of sp³-hybridized carbons (Fsp3) is 0.909. The number of amides is 1. The van der Waals surface area contributed by atoms with Crippen molar-refractivity contribution in [1.82, 2.24) is 5.32 Å². The summed E-state index contributed by atoms with van der Waals surface area (Å²) in [6.07, 6.45) is 63.6. The number of rotatable bonds is 50. The molecule has 5 nitrogen and oxygen atoms in total. The first-order chi connectivity index (χ1) is 29.5. The van der Waals surface area contributed by atoms with Crippen LogP contribution >= 0.6 is 0 Å². The molecular formula is C55H107NO4. The van der Waals surface area contributed by atoms with Crippen molar-refractivity contribution in [1.29, 1.82) is 0 Å². The average molecular weight is 846 g/mol. The number of aliphatic hydroxyl groups excluding tert-OH is 3. The second-order valence-corrected chi connectivity index (χ2v) is 18.8. The first-order valence-electron chi connectivity index (χ1n) is 27.1. The van der Waals surface area contributed by atoms with Gasteiger partial charge in [-0.05, 0) is 32.1 Å². The van der Waals surface area contributed by atoms with E-state index in [4.69, 9.17) is 0 Å². The van der Waals surface area contributed by atoms with Gasteiger partial charge in [0.25, 0.3) is 0 Å². The lowest BCUT2D eigenvalue weighted by Crippen LogP contribution is -2.45. The van der Waals surface area contributed by atoms with E-state index in [2.05, 4.69) is 31.3 Å². The Hall–Kier alpha value is -1.17. The molecule has 0 aromatic carbocycles. The molecule has 0 rings (SSSR count). The van der Waals surface area contributed by atoms with Gasteiger partial charge in [0.05, 0.1) is 31.3 Å². The molecule has 0 saturated carbocycles. The zero-order valence-electron chi connectivity index (χ0n) is 40.6. The van der Waals surface area contributed by atoms with E-state index in [0.29, 0.717) is 6.42 Å². The van der Waals surface area contributed by atoms with Gasteiger partial charge in [-0.1, -0.05) is 282 Å². The van der Waals surface area contributed by atoms with Crippen molar-refractivity contribution < 1.29 is 20.1 Å². The average Bonchev–Trinajstić information content (AvgIpc) is 3.24. The Morgan fingerprint density at radius 2 is 0.717 bits per heavy atom. The fourth-order valence-electron chi connectivity index (χ4n) is 8.59. The summed E-state index contributed by atoms with van der Waals surface area (Å²) in [6.45, 7) is 4.24. The fourth-order valence-corrected chi connectivity index (χ4v) is 8.59. The van der Waals surface area contributed by atoms with E-state index in [1.807, 2.05) is 6.08 Å². The lowest BCUT2D eigenvalue weighted by Gasteiger charge is -2.21. The largest absolute Gasteiger partial charge is 0.394 e. The van der Waals surface area contributed by atoms with Gasteiger partial charge in [0.1, 0.15) is 0 Å². The molecule has 356 valence electrons. The van der Waals surface area contributed by atoms with Gasteiger partial charge in [-0.15, -0.1) is 0 Å². The van der Waals surface area contributed by atoms with Crippen LogP contribution in [0.5, 0.6) is 0 Å². The predicted molar refractivity (Wildman–Crippen MR) is 264 cm³/mol. The van der Waals surface area contributed by atoms with Crippen molar-refractivity contribution in [3.8, 4) is 0 Å². The number of hydrogen-bond acceptors (Lipinski definition) is 4. The van der Waals surface area contributed by atoms with Crippen LogP contribution in [-0.4, -0.2) is 46.1 Å². The molecule has 0 bridgehead atoms. The molecule has 5 heteroatoms. The highest BCUT2D eigenvalue weighted by molar-refractivity contribution is 5.76. The van der Waals surface area contributed by atoms with Crippen LogP contribution in [0.15, 0.2) is 24.3 Å². The Balaban J connectivity index is 3.59. The van der Waals surface area contributed by atoms with Crippen LogP contribution in [0.2, 0.25) is 0 Å². The summed E-state index contributed by atoms with van der Waals surface area (Å²) in [7, 11) is 0. The molecule has 0 radical (unpaired) electrons. The summed E-state index contributed by atoms with van der Waals surface area (Å²) < 4.78 is 0. The second-order valence-electron chi connectivity index (χ2n) is 18.8. The van der Waals surface area contributed by atoms with E-state index in [0.717, 1.165) is 32.1 Å². The smallest absolute Gasteiger partial charge is 0.222 e. The molecule has 0 fully saturated rings. The van der Waals surface area contributed by atoms with Crippen LogP contribution < -0.4 is 5.32 Å². The van der Waals surface area contributed by atoms with Crippen molar-refractivity contribution in [3.63, 3.8) is 0 Å². The molecule has 0 aromatic heterocycles. The Bertz CT molecular complexity index is 890. The van der Waals surface area contributed by atoms with E-state index in [-0.39, 0.29) is 18.9 Å². The zero-order valence-corrected chi connectivity index (χ0v) is 40.6. The van der Waals surface area contributed by atoms with E-state index in [1.54, 1.807) is 6.08 Å². The molecule has 0 spiro atoms. The maximum atomic E-state index is 12.5. The number of allylic oxidation sites excluding steroid dienone is 3. The third kappa shape index (κ3) is 46.3. The Kier molecular flexibility index (Phi) is 49.5. The van der Waals surface area contributed by atoms with Gasteiger partial charge in [0.15, 0.2) is 0 Å². The summed E-state index contributed by atoms with van der Waals surface area (Å²) in [6, 6.07) is -0.759. The van der Waals surface area contributed by atoms with Crippen LogP contribution in [0.3, 0.4) is 0 Å². The highest BCUT2D eigenvalue weighted by Crippen LogP contribution is 2.17. The number of hydrogen-bond donors (Lipinski definition) is 4.